The Morgan fingerprint density at radius 1 is 1.26 bits per heavy atom. The van der Waals surface area contributed by atoms with Crippen LogP contribution < -0.4 is 10.2 Å². The molecule has 2 aliphatic heterocycles. The highest BCUT2D eigenvalue weighted by molar-refractivity contribution is 6.00. The number of furan rings is 1. The molecule has 23 heavy (non-hydrogen) atoms. The molecule has 1 fully saturated rings. The first-order chi connectivity index (χ1) is 11.2. The number of phenols is 1. The van der Waals surface area contributed by atoms with Crippen LogP contribution in [-0.4, -0.2) is 43.9 Å². The van der Waals surface area contributed by atoms with Crippen LogP contribution >= 0.6 is 0 Å². The van der Waals surface area contributed by atoms with Gasteiger partial charge in [0.25, 0.3) is 5.91 Å². The highest BCUT2D eigenvalue weighted by atomic mass is 16.5. The Bertz CT molecular complexity index is 747. The van der Waals surface area contributed by atoms with Crippen molar-refractivity contribution in [2.45, 2.75) is 19.4 Å². The number of hydrogen-bond acceptors (Lipinski definition) is 4. The van der Waals surface area contributed by atoms with Crippen molar-refractivity contribution in [1.82, 2.24) is 5.32 Å². The van der Waals surface area contributed by atoms with Crippen molar-refractivity contribution in [2.75, 3.05) is 32.8 Å². The highest BCUT2D eigenvalue weighted by Gasteiger charge is 2.27. The first-order valence-electron chi connectivity index (χ1n) is 8.20. The average molecular weight is 317 g/mol. The second kappa shape index (κ2) is 5.86. The summed E-state index contributed by atoms with van der Waals surface area (Å²) in [6, 6.07) is 3.42. The van der Waals surface area contributed by atoms with E-state index in [1.807, 2.05) is 0 Å². The summed E-state index contributed by atoms with van der Waals surface area (Å²) in [6.45, 7) is 4.73. The second-order valence-corrected chi connectivity index (χ2v) is 6.24. The van der Waals surface area contributed by atoms with Crippen LogP contribution in [0.2, 0.25) is 0 Å². The lowest BCUT2D eigenvalue weighted by Gasteiger charge is -2.24. The van der Waals surface area contributed by atoms with Crippen LogP contribution in [0.25, 0.3) is 11.0 Å². The van der Waals surface area contributed by atoms with Crippen LogP contribution in [0.5, 0.6) is 5.75 Å². The number of carbonyl (C=O) groups excluding carboxylic acids is 1. The summed E-state index contributed by atoms with van der Waals surface area (Å²) in [7, 11) is 0. The van der Waals surface area contributed by atoms with Gasteiger partial charge in [0.15, 0.2) is 5.76 Å². The maximum atomic E-state index is 12.2. The van der Waals surface area contributed by atoms with Gasteiger partial charge in [-0.25, -0.2) is 0 Å². The Morgan fingerprint density at radius 3 is 2.91 bits per heavy atom. The lowest BCUT2D eigenvalue weighted by atomic mass is 10.00. The third kappa shape index (κ3) is 2.58. The second-order valence-electron chi connectivity index (χ2n) is 6.24. The predicted octanol–water partition coefficient (Wildman–Crippen LogP) is 0.229. The number of ether oxygens (including phenoxy) is 1. The molecule has 0 spiro atoms. The molecule has 3 heterocycles. The molecule has 0 atom stereocenters. The van der Waals surface area contributed by atoms with E-state index in [-0.39, 0.29) is 11.7 Å². The third-order valence-corrected chi connectivity index (χ3v) is 4.76. The normalized spacial score (nSPS) is 19.4. The first-order valence-corrected chi connectivity index (χ1v) is 8.20. The smallest absolute Gasteiger partial charge is 0.287 e. The Kier molecular flexibility index (Phi) is 3.71. The van der Waals surface area contributed by atoms with Crippen LogP contribution in [0.1, 0.15) is 28.1 Å². The number of carbonyl (C=O) groups is 1. The Balaban J connectivity index is 1.82. The number of morpholine rings is 1. The van der Waals surface area contributed by atoms with Crippen molar-refractivity contribution in [1.29, 1.82) is 0 Å². The van der Waals surface area contributed by atoms with Gasteiger partial charge < -0.3 is 24.5 Å². The standard InChI is InChI=1S/C17H20N2O4/c20-13-3-4-14-15(12(13)10-19-6-8-22-9-7-19)11-2-1-5-18-17(21)16(11)23-14/h3-4,20H,1-2,5-10H2,(H,18,21)/p+1. The van der Waals surface area contributed by atoms with E-state index in [4.69, 9.17) is 9.15 Å². The van der Waals surface area contributed by atoms with Gasteiger partial charge in [-0.05, 0) is 25.0 Å². The quantitative estimate of drug-likeness (QED) is 0.741. The molecule has 0 aliphatic carbocycles. The van der Waals surface area contributed by atoms with Crippen LogP contribution in [0.4, 0.5) is 0 Å². The van der Waals surface area contributed by atoms with Gasteiger partial charge in [-0.3, -0.25) is 4.79 Å². The topological polar surface area (TPSA) is 76.1 Å². The summed E-state index contributed by atoms with van der Waals surface area (Å²) in [4.78, 5) is 13.6. The van der Waals surface area contributed by atoms with Gasteiger partial charge in [0.05, 0.1) is 18.8 Å². The number of aryl methyl sites for hydroxylation is 1. The van der Waals surface area contributed by atoms with Gasteiger partial charge in [0.1, 0.15) is 31.0 Å². The van der Waals surface area contributed by atoms with Gasteiger partial charge >= 0.3 is 0 Å². The predicted molar refractivity (Wildman–Crippen MR) is 83.8 cm³/mol. The number of benzene rings is 1. The molecule has 3 N–H and O–H groups in total. The zero-order chi connectivity index (χ0) is 15.8. The molecule has 0 bridgehead atoms. The molecule has 0 unspecified atom stereocenters. The fraction of sp³-hybridized carbons (Fsp3) is 0.471. The lowest BCUT2D eigenvalue weighted by molar-refractivity contribution is -0.921. The van der Waals surface area contributed by atoms with Gasteiger partial charge in [-0.15, -0.1) is 0 Å². The Morgan fingerprint density at radius 2 is 2.09 bits per heavy atom. The lowest BCUT2D eigenvalue weighted by Crippen LogP contribution is -3.12. The molecule has 2 aromatic rings. The molecule has 4 rings (SSSR count). The molecule has 1 amide bonds. The van der Waals surface area contributed by atoms with E-state index >= 15 is 0 Å². The average Bonchev–Trinajstić information content (AvgIpc) is 2.84. The van der Waals surface area contributed by atoms with Crippen LogP contribution in [0, 0.1) is 0 Å². The summed E-state index contributed by atoms with van der Waals surface area (Å²) in [5.41, 5.74) is 2.51. The number of nitrogens with one attached hydrogen (secondary N) is 2. The molecular formula is C17H21N2O4+. The minimum Gasteiger partial charge on any atom is -0.507 e. The number of quaternary nitrogens is 1. The van der Waals surface area contributed by atoms with E-state index in [9.17, 15) is 9.90 Å². The number of amides is 1. The van der Waals surface area contributed by atoms with Crippen molar-refractivity contribution in [3.05, 3.63) is 29.0 Å². The molecule has 1 saturated heterocycles. The molecule has 6 heteroatoms. The van der Waals surface area contributed by atoms with Gasteiger partial charge in [0, 0.05) is 17.5 Å². The van der Waals surface area contributed by atoms with Crippen LogP contribution in [-0.2, 0) is 17.7 Å². The zero-order valence-electron chi connectivity index (χ0n) is 13.0. The van der Waals surface area contributed by atoms with Gasteiger partial charge in [0.2, 0.25) is 0 Å². The van der Waals surface area contributed by atoms with Crippen molar-refractivity contribution < 1.29 is 24.0 Å². The summed E-state index contributed by atoms with van der Waals surface area (Å²) in [5.74, 6) is 0.531. The summed E-state index contributed by atoms with van der Waals surface area (Å²) in [6.07, 6.45) is 1.67. The van der Waals surface area contributed by atoms with E-state index < -0.39 is 0 Å². The molecule has 122 valence electrons. The number of aromatic hydroxyl groups is 1. The summed E-state index contributed by atoms with van der Waals surface area (Å²) >= 11 is 0. The molecular weight excluding hydrogens is 296 g/mol. The Labute approximate surface area is 134 Å². The summed E-state index contributed by atoms with van der Waals surface area (Å²) < 4.78 is 11.2. The van der Waals surface area contributed by atoms with E-state index in [1.165, 1.54) is 4.90 Å². The van der Waals surface area contributed by atoms with E-state index in [0.717, 1.165) is 62.2 Å². The van der Waals surface area contributed by atoms with Crippen molar-refractivity contribution in [3.8, 4) is 5.75 Å². The molecule has 1 aromatic heterocycles. The molecule has 1 aromatic carbocycles. The fourth-order valence-corrected chi connectivity index (χ4v) is 3.55. The molecule has 0 radical (unpaired) electrons. The zero-order valence-corrected chi connectivity index (χ0v) is 13.0. The van der Waals surface area contributed by atoms with E-state index in [2.05, 4.69) is 5.32 Å². The largest absolute Gasteiger partial charge is 0.507 e. The maximum Gasteiger partial charge on any atom is 0.287 e. The monoisotopic (exact) mass is 317 g/mol. The van der Waals surface area contributed by atoms with Crippen LogP contribution in [0.3, 0.4) is 0 Å². The van der Waals surface area contributed by atoms with Crippen molar-refractivity contribution >= 4 is 16.9 Å². The number of hydrogen-bond donors (Lipinski definition) is 3. The van der Waals surface area contributed by atoms with E-state index in [0.29, 0.717) is 17.9 Å². The third-order valence-electron chi connectivity index (χ3n) is 4.76. The number of phenolic OH excluding ortho intramolecular Hbond substituents is 1. The van der Waals surface area contributed by atoms with Gasteiger partial charge in [-0.2, -0.15) is 0 Å². The van der Waals surface area contributed by atoms with Crippen LogP contribution in [0.15, 0.2) is 16.5 Å². The van der Waals surface area contributed by atoms with E-state index in [1.54, 1.807) is 12.1 Å². The fourth-order valence-electron chi connectivity index (χ4n) is 3.55. The van der Waals surface area contributed by atoms with Gasteiger partial charge in [-0.1, -0.05) is 0 Å². The molecule has 0 saturated carbocycles. The number of rotatable bonds is 2. The van der Waals surface area contributed by atoms with Crippen molar-refractivity contribution in [2.24, 2.45) is 0 Å². The Hall–Kier alpha value is -2.05. The highest BCUT2D eigenvalue weighted by Crippen LogP contribution is 2.35. The minimum absolute atomic E-state index is 0.155. The summed E-state index contributed by atoms with van der Waals surface area (Å²) in [5, 5.41) is 14.2. The first kappa shape index (κ1) is 14.5. The van der Waals surface area contributed by atoms with Crippen molar-refractivity contribution in [3.63, 3.8) is 0 Å². The molecule has 6 nitrogen and oxygen atoms in total. The maximum absolute atomic E-state index is 12.2. The number of fused-ring (bicyclic) bond motifs is 3. The SMILES string of the molecule is O=C1NCCCc2c1oc1ccc(O)c(C[NH+]3CCOCC3)c21. The minimum atomic E-state index is -0.155. The molecule has 2 aliphatic rings.